The van der Waals surface area contributed by atoms with Crippen LogP contribution in [0, 0.1) is 0 Å². The van der Waals surface area contributed by atoms with E-state index in [1.54, 1.807) is 24.5 Å². The summed E-state index contributed by atoms with van der Waals surface area (Å²) in [6, 6.07) is 6.72. The van der Waals surface area contributed by atoms with E-state index in [4.69, 9.17) is 5.73 Å². The summed E-state index contributed by atoms with van der Waals surface area (Å²) >= 11 is 0. The molecule has 17 heavy (non-hydrogen) atoms. The quantitative estimate of drug-likeness (QED) is 0.774. The SMILES string of the molecule is Nc1cc(C(F)(F)F)ccc1-c1ccncc1. The van der Waals surface area contributed by atoms with Crippen LogP contribution in [-0.4, -0.2) is 4.98 Å². The molecule has 1 aromatic heterocycles. The fraction of sp³-hybridized carbons (Fsp3) is 0.0833. The number of aromatic nitrogens is 1. The highest BCUT2D eigenvalue weighted by atomic mass is 19.4. The predicted octanol–water partition coefficient (Wildman–Crippen LogP) is 3.35. The van der Waals surface area contributed by atoms with Crippen molar-refractivity contribution in [2.45, 2.75) is 6.18 Å². The van der Waals surface area contributed by atoms with Gasteiger partial charge in [0.15, 0.2) is 0 Å². The van der Waals surface area contributed by atoms with Crippen molar-refractivity contribution in [3.63, 3.8) is 0 Å². The number of anilines is 1. The minimum absolute atomic E-state index is 0.103. The van der Waals surface area contributed by atoms with Crippen LogP contribution in [0.2, 0.25) is 0 Å². The van der Waals surface area contributed by atoms with Gasteiger partial charge in [-0.1, -0.05) is 6.07 Å². The Hall–Kier alpha value is -2.04. The first-order chi connectivity index (χ1) is 7.98. The van der Waals surface area contributed by atoms with Crippen LogP contribution in [0.5, 0.6) is 0 Å². The Labute approximate surface area is 95.9 Å². The topological polar surface area (TPSA) is 38.9 Å². The van der Waals surface area contributed by atoms with Crippen molar-refractivity contribution in [2.24, 2.45) is 0 Å². The van der Waals surface area contributed by atoms with Gasteiger partial charge in [-0.25, -0.2) is 0 Å². The van der Waals surface area contributed by atoms with Gasteiger partial charge in [0.1, 0.15) is 0 Å². The molecule has 1 heterocycles. The third-order valence-electron chi connectivity index (χ3n) is 2.37. The van der Waals surface area contributed by atoms with Crippen molar-refractivity contribution < 1.29 is 13.2 Å². The van der Waals surface area contributed by atoms with E-state index >= 15 is 0 Å². The predicted molar refractivity (Wildman–Crippen MR) is 59.1 cm³/mol. The molecule has 0 bridgehead atoms. The van der Waals surface area contributed by atoms with E-state index in [0.717, 1.165) is 17.7 Å². The normalized spacial score (nSPS) is 11.5. The van der Waals surface area contributed by atoms with Gasteiger partial charge in [0.25, 0.3) is 0 Å². The van der Waals surface area contributed by atoms with Crippen LogP contribution in [0.1, 0.15) is 5.56 Å². The molecule has 0 aliphatic heterocycles. The average molecular weight is 238 g/mol. The number of halogens is 3. The number of nitrogens with two attached hydrogens (primary N) is 1. The Morgan fingerprint density at radius 1 is 1.00 bits per heavy atom. The second kappa shape index (κ2) is 4.08. The summed E-state index contributed by atoms with van der Waals surface area (Å²) in [5.74, 6) is 0. The Morgan fingerprint density at radius 2 is 1.65 bits per heavy atom. The maximum atomic E-state index is 12.4. The lowest BCUT2D eigenvalue weighted by Crippen LogP contribution is -2.05. The first kappa shape index (κ1) is 11.4. The molecule has 0 spiro atoms. The smallest absolute Gasteiger partial charge is 0.398 e. The monoisotopic (exact) mass is 238 g/mol. The lowest BCUT2D eigenvalue weighted by Gasteiger charge is -2.10. The molecule has 0 radical (unpaired) electrons. The van der Waals surface area contributed by atoms with Crippen molar-refractivity contribution >= 4 is 5.69 Å². The lowest BCUT2D eigenvalue weighted by molar-refractivity contribution is -0.137. The molecule has 0 fully saturated rings. The van der Waals surface area contributed by atoms with E-state index in [1.165, 1.54) is 6.07 Å². The standard InChI is InChI=1S/C12H9F3N2/c13-12(14,15)9-1-2-10(11(16)7-9)8-3-5-17-6-4-8/h1-7H,16H2. The number of nitrogen functional groups attached to an aromatic ring is 1. The summed E-state index contributed by atoms with van der Waals surface area (Å²) < 4.78 is 37.3. The van der Waals surface area contributed by atoms with Crippen molar-refractivity contribution in [1.82, 2.24) is 4.98 Å². The maximum Gasteiger partial charge on any atom is 0.416 e. The first-order valence-electron chi connectivity index (χ1n) is 4.85. The number of rotatable bonds is 1. The molecular weight excluding hydrogens is 229 g/mol. The van der Waals surface area contributed by atoms with Crippen LogP contribution >= 0.6 is 0 Å². The second-order valence-corrected chi connectivity index (χ2v) is 3.54. The second-order valence-electron chi connectivity index (χ2n) is 3.54. The molecular formula is C12H9F3N2. The molecule has 0 saturated carbocycles. The summed E-state index contributed by atoms with van der Waals surface area (Å²) in [5, 5.41) is 0. The summed E-state index contributed by atoms with van der Waals surface area (Å²) in [7, 11) is 0. The largest absolute Gasteiger partial charge is 0.416 e. The number of hydrogen-bond donors (Lipinski definition) is 1. The van der Waals surface area contributed by atoms with Gasteiger partial charge < -0.3 is 5.73 Å². The van der Waals surface area contributed by atoms with E-state index < -0.39 is 11.7 Å². The van der Waals surface area contributed by atoms with Crippen molar-refractivity contribution in [1.29, 1.82) is 0 Å². The van der Waals surface area contributed by atoms with Crippen molar-refractivity contribution in [2.75, 3.05) is 5.73 Å². The summed E-state index contributed by atoms with van der Waals surface area (Å²) in [6.45, 7) is 0. The number of benzene rings is 1. The van der Waals surface area contributed by atoms with Crippen LogP contribution in [0.15, 0.2) is 42.7 Å². The van der Waals surface area contributed by atoms with Crippen LogP contribution in [0.3, 0.4) is 0 Å². The van der Waals surface area contributed by atoms with E-state index in [0.29, 0.717) is 5.56 Å². The van der Waals surface area contributed by atoms with Gasteiger partial charge in [-0.3, -0.25) is 4.98 Å². The zero-order valence-electron chi connectivity index (χ0n) is 8.70. The summed E-state index contributed by atoms with van der Waals surface area (Å²) in [5.41, 5.74) is 6.30. The van der Waals surface area contributed by atoms with Gasteiger partial charge in [0.05, 0.1) is 5.56 Å². The van der Waals surface area contributed by atoms with E-state index in [1.807, 2.05) is 0 Å². The zero-order chi connectivity index (χ0) is 12.5. The van der Waals surface area contributed by atoms with E-state index in [-0.39, 0.29) is 5.69 Å². The Kier molecular flexibility index (Phi) is 2.75. The average Bonchev–Trinajstić information content (AvgIpc) is 2.29. The van der Waals surface area contributed by atoms with Crippen LogP contribution in [0.4, 0.5) is 18.9 Å². The summed E-state index contributed by atoms with van der Waals surface area (Å²) in [4.78, 5) is 3.84. The minimum atomic E-state index is -4.37. The third-order valence-corrected chi connectivity index (χ3v) is 2.37. The fourth-order valence-electron chi connectivity index (χ4n) is 1.53. The number of hydrogen-bond acceptors (Lipinski definition) is 2. The Bertz CT molecular complexity index is 521. The highest BCUT2D eigenvalue weighted by molar-refractivity contribution is 5.76. The van der Waals surface area contributed by atoms with E-state index in [2.05, 4.69) is 4.98 Å². The van der Waals surface area contributed by atoms with E-state index in [9.17, 15) is 13.2 Å². The van der Waals surface area contributed by atoms with Crippen LogP contribution < -0.4 is 5.73 Å². The van der Waals surface area contributed by atoms with Crippen molar-refractivity contribution in [3.05, 3.63) is 48.3 Å². The zero-order valence-corrected chi connectivity index (χ0v) is 8.70. The molecule has 5 heteroatoms. The van der Waals surface area contributed by atoms with Gasteiger partial charge in [-0.2, -0.15) is 13.2 Å². The molecule has 0 aliphatic carbocycles. The highest BCUT2D eigenvalue weighted by Gasteiger charge is 2.30. The molecule has 0 amide bonds. The molecule has 2 rings (SSSR count). The van der Waals surface area contributed by atoms with Gasteiger partial charge in [-0.15, -0.1) is 0 Å². The molecule has 2 aromatic rings. The molecule has 2 nitrogen and oxygen atoms in total. The molecule has 88 valence electrons. The van der Waals surface area contributed by atoms with Gasteiger partial charge in [-0.05, 0) is 29.8 Å². The summed E-state index contributed by atoms with van der Waals surface area (Å²) in [6.07, 6.45) is -1.25. The molecule has 2 N–H and O–H groups in total. The Morgan fingerprint density at radius 3 is 2.18 bits per heavy atom. The third kappa shape index (κ3) is 2.38. The first-order valence-corrected chi connectivity index (χ1v) is 4.85. The van der Waals surface area contributed by atoms with Gasteiger partial charge >= 0.3 is 6.18 Å². The Balaban J connectivity index is 2.46. The molecule has 1 aromatic carbocycles. The number of nitrogens with zero attached hydrogens (tertiary/aromatic N) is 1. The fourth-order valence-corrected chi connectivity index (χ4v) is 1.53. The number of alkyl halides is 3. The maximum absolute atomic E-state index is 12.4. The van der Waals surface area contributed by atoms with Crippen LogP contribution in [-0.2, 0) is 6.18 Å². The van der Waals surface area contributed by atoms with Gasteiger partial charge in [0.2, 0.25) is 0 Å². The molecule has 0 atom stereocenters. The molecule has 0 saturated heterocycles. The minimum Gasteiger partial charge on any atom is -0.398 e. The number of pyridine rings is 1. The van der Waals surface area contributed by atoms with Crippen LogP contribution in [0.25, 0.3) is 11.1 Å². The molecule has 0 aliphatic rings. The van der Waals surface area contributed by atoms with Crippen molar-refractivity contribution in [3.8, 4) is 11.1 Å². The van der Waals surface area contributed by atoms with Gasteiger partial charge in [0, 0.05) is 23.6 Å². The highest BCUT2D eigenvalue weighted by Crippen LogP contribution is 2.34. The molecule has 0 unspecified atom stereocenters. The lowest BCUT2D eigenvalue weighted by atomic mass is 10.0.